The fourth-order valence-corrected chi connectivity index (χ4v) is 5.08. The standard InChI is InChI=1S/C17H24BrClO2/c1-17(2)10-6-5-7-12(17)14(18)11-8-9-13(20-3)15(19)16(11)21-4/h8-9,12,14H,5-7,10H2,1-4H3. The fraction of sp³-hybridized carbons (Fsp3) is 0.647. The largest absolute Gasteiger partial charge is 0.495 e. The second-order valence-corrected chi connectivity index (χ2v) is 7.81. The zero-order valence-corrected chi connectivity index (χ0v) is 15.6. The molecule has 0 amide bonds. The molecule has 2 unspecified atom stereocenters. The van der Waals surface area contributed by atoms with Crippen LogP contribution in [-0.2, 0) is 0 Å². The number of hydrogen-bond acceptors (Lipinski definition) is 2. The Morgan fingerprint density at radius 3 is 2.52 bits per heavy atom. The molecule has 21 heavy (non-hydrogen) atoms. The molecular formula is C17H24BrClO2. The van der Waals surface area contributed by atoms with Crippen molar-refractivity contribution in [3.8, 4) is 11.5 Å². The number of halogens is 2. The minimum absolute atomic E-state index is 0.242. The molecule has 1 aromatic carbocycles. The summed E-state index contributed by atoms with van der Waals surface area (Å²) in [5.74, 6) is 1.95. The Kier molecular flexibility index (Phi) is 5.48. The lowest BCUT2D eigenvalue weighted by atomic mass is 9.66. The van der Waals surface area contributed by atoms with Crippen LogP contribution in [0.3, 0.4) is 0 Å². The van der Waals surface area contributed by atoms with Gasteiger partial charge in [-0.15, -0.1) is 0 Å². The van der Waals surface area contributed by atoms with E-state index in [1.165, 1.54) is 25.7 Å². The number of hydrogen-bond donors (Lipinski definition) is 0. The third-order valence-electron chi connectivity index (χ3n) is 4.76. The van der Waals surface area contributed by atoms with Crippen molar-refractivity contribution in [2.75, 3.05) is 14.2 Å². The molecule has 118 valence electrons. The third kappa shape index (κ3) is 3.34. The van der Waals surface area contributed by atoms with E-state index in [1.54, 1.807) is 14.2 Å². The van der Waals surface area contributed by atoms with E-state index >= 15 is 0 Å². The minimum Gasteiger partial charge on any atom is -0.495 e. The van der Waals surface area contributed by atoms with Crippen molar-refractivity contribution >= 4 is 27.5 Å². The molecule has 1 saturated carbocycles. The predicted molar refractivity (Wildman–Crippen MR) is 92.0 cm³/mol. The van der Waals surface area contributed by atoms with Crippen molar-refractivity contribution in [1.82, 2.24) is 0 Å². The van der Waals surface area contributed by atoms with E-state index in [-0.39, 0.29) is 4.83 Å². The van der Waals surface area contributed by atoms with Gasteiger partial charge in [0.05, 0.1) is 14.2 Å². The Balaban J connectivity index is 2.38. The Hall–Kier alpha value is -0.410. The zero-order chi connectivity index (χ0) is 15.6. The average molecular weight is 376 g/mol. The first-order valence-corrected chi connectivity index (χ1v) is 8.76. The summed E-state index contributed by atoms with van der Waals surface area (Å²) in [4.78, 5) is 0.242. The van der Waals surface area contributed by atoms with Crippen molar-refractivity contribution in [2.45, 2.75) is 44.4 Å². The summed E-state index contributed by atoms with van der Waals surface area (Å²) >= 11 is 10.3. The Bertz CT molecular complexity index is 502. The Labute approximate surface area is 141 Å². The van der Waals surface area contributed by atoms with Gasteiger partial charge in [-0.25, -0.2) is 0 Å². The maximum absolute atomic E-state index is 6.40. The summed E-state index contributed by atoms with van der Waals surface area (Å²) in [6.45, 7) is 4.73. The van der Waals surface area contributed by atoms with Crippen molar-refractivity contribution in [2.24, 2.45) is 11.3 Å². The molecule has 1 aromatic rings. The summed E-state index contributed by atoms with van der Waals surface area (Å²) in [7, 11) is 3.28. The summed E-state index contributed by atoms with van der Waals surface area (Å²) < 4.78 is 10.8. The highest BCUT2D eigenvalue weighted by Crippen LogP contribution is 2.53. The molecular weight excluding hydrogens is 352 g/mol. The second kappa shape index (κ2) is 6.78. The van der Waals surface area contributed by atoms with E-state index in [2.05, 4.69) is 35.8 Å². The minimum atomic E-state index is 0.242. The molecule has 0 N–H and O–H groups in total. The second-order valence-electron chi connectivity index (χ2n) is 6.45. The van der Waals surface area contributed by atoms with Crippen molar-refractivity contribution in [3.63, 3.8) is 0 Å². The van der Waals surface area contributed by atoms with E-state index in [0.29, 0.717) is 22.1 Å². The lowest BCUT2D eigenvalue weighted by Crippen LogP contribution is -2.30. The molecule has 0 bridgehead atoms. The van der Waals surface area contributed by atoms with Crippen LogP contribution >= 0.6 is 27.5 Å². The van der Waals surface area contributed by atoms with Gasteiger partial charge in [0.15, 0.2) is 0 Å². The normalized spacial score (nSPS) is 22.7. The lowest BCUT2D eigenvalue weighted by Gasteiger charge is -2.41. The van der Waals surface area contributed by atoms with E-state index < -0.39 is 0 Å². The van der Waals surface area contributed by atoms with Gasteiger partial charge >= 0.3 is 0 Å². The van der Waals surface area contributed by atoms with E-state index in [1.807, 2.05) is 6.07 Å². The number of rotatable bonds is 4. The number of methoxy groups -OCH3 is 2. The van der Waals surface area contributed by atoms with Gasteiger partial charge in [-0.2, -0.15) is 0 Å². The van der Waals surface area contributed by atoms with Crippen LogP contribution in [0, 0.1) is 11.3 Å². The summed E-state index contributed by atoms with van der Waals surface area (Å²) in [6, 6.07) is 3.98. The topological polar surface area (TPSA) is 18.5 Å². The average Bonchev–Trinajstić information content (AvgIpc) is 2.45. The molecule has 2 rings (SSSR count). The smallest absolute Gasteiger partial charge is 0.145 e. The summed E-state index contributed by atoms with van der Waals surface area (Å²) in [5.41, 5.74) is 1.44. The molecule has 0 aromatic heterocycles. The molecule has 0 aliphatic heterocycles. The van der Waals surface area contributed by atoms with Crippen LogP contribution in [0.25, 0.3) is 0 Å². The van der Waals surface area contributed by atoms with Crippen LogP contribution in [0.5, 0.6) is 11.5 Å². The van der Waals surface area contributed by atoms with Gasteiger partial charge in [-0.3, -0.25) is 0 Å². The van der Waals surface area contributed by atoms with E-state index in [9.17, 15) is 0 Å². The first-order chi connectivity index (χ1) is 9.92. The number of benzene rings is 1. The van der Waals surface area contributed by atoms with Gasteiger partial charge in [0.25, 0.3) is 0 Å². The van der Waals surface area contributed by atoms with Crippen LogP contribution < -0.4 is 9.47 Å². The van der Waals surface area contributed by atoms with Gasteiger partial charge in [0, 0.05) is 10.4 Å². The molecule has 0 heterocycles. The molecule has 0 radical (unpaired) electrons. The SMILES string of the molecule is COc1ccc(C(Br)C2CCCCC2(C)C)c(OC)c1Cl. The Morgan fingerprint density at radius 1 is 1.24 bits per heavy atom. The highest BCUT2D eigenvalue weighted by molar-refractivity contribution is 9.09. The number of alkyl halides is 1. The van der Waals surface area contributed by atoms with Gasteiger partial charge in [0.1, 0.15) is 16.5 Å². The molecule has 1 fully saturated rings. The Morgan fingerprint density at radius 2 is 1.95 bits per heavy atom. The molecule has 0 saturated heterocycles. The maximum atomic E-state index is 6.40. The van der Waals surface area contributed by atoms with Crippen LogP contribution in [0.1, 0.15) is 49.9 Å². The molecule has 1 aliphatic rings. The fourth-order valence-electron chi connectivity index (χ4n) is 3.42. The lowest BCUT2D eigenvalue weighted by molar-refractivity contribution is 0.136. The highest BCUT2D eigenvalue weighted by atomic mass is 79.9. The van der Waals surface area contributed by atoms with Gasteiger partial charge in [-0.1, -0.05) is 60.3 Å². The van der Waals surface area contributed by atoms with Crippen molar-refractivity contribution in [1.29, 1.82) is 0 Å². The number of ether oxygens (including phenoxy) is 2. The predicted octanol–water partition coefficient (Wildman–Crippen LogP) is 6.01. The molecule has 4 heteroatoms. The van der Waals surface area contributed by atoms with Crippen LogP contribution in [-0.4, -0.2) is 14.2 Å². The van der Waals surface area contributed by atoms with Gasteiger partial charge < -0.3 is 9.47 Å². The van der Waals surface area contributed by atoms with Crippen molar-refractivity contribution in [3.05, 3.63) is 22.7 Å². The van der Waals surface area contributed by atoms with Crippen LogP contribution in [0.2, 0.25) is 5.02 Å². The first-order valence-electron chi connectivity index (χ1n) is 7.47. The summed E-state index contributed by atoms with van der Waals surface area (Å²) in [6.07, 6.45) is 5.12. The summed E-state index contributed by atoms with van der Waals surface area (Å²) in [5, 5.41) is 0.551. The zero-order valence-electron chi connectivity index (χ0n) is 13.2. The van der Waals surface area contributed by atoms with Crippen LogP contribution in [0.15, 0.2) is 12.1 Å². The van der Waals surface area contributed by atoms with E-state index in [0.717, 1.165) is 11.3 Å². The molecule has 2 atom stereocenters. The van der Waals surface area contributed by atoms with Gasteiger partial charge in [-0.05, 0) is 30.2 Å². The van der Waals surface area contributed by atoms with E-state index in [4.69, 9.17) is 21.1 Å². The molecule has 1 aliphatic carbocycles. The monoisotopic (exact) mass is 374 g/mol. The quantitative estimate of drug-likeness (QED) is 0.600. The molecule has 0 spiro atoms. The first kappa shape index (κ1) is 17.0. The highest BCUT2D eigenvalue weighted by Gasteiger charge is 2.38. The van der Waals surface area contributed by atoms with Crippen LogP contribution in [0.4, 0.5) is 0 Å². The van der Waals surface area contributed by atoms with Gasteiger partial charge in [0.2, 0.25) is 0 Å². The maximum Gasteiger partial charge on any atom is 0.145 e. The molecule has 2 nitrogen and oxygen atoms in total. The van der Waals surface area contributed by atoms with Crippen molar-refractivity contribution < 1.29 is 9.47 Å². The third-order valence-corrected chi connectivity index (χ3v) is 6.25.